The van der Waals surface area contributed by atoms with Gasteiger partial charge in [-0.3, -0.25) is 9.59 Å². The predicted molar refractivity (Wildman–Crippen MR) is 100 cm³/mol. The van der Waals surface area contributed by atoms with Crippen LogP contribution in [0.15, 0.2) is 48.5 Å². The summed E-state index contributed by atoms with van der Waals surface area (Å²) in [5.41, 5.74) is 1.55. The van der Waals surface area contributed by atoms with Crippen molar-refractivity contribution in [2.75, 3.05) is 26.1 Å². The summed E-state index contributed by atoms with van der Waals surface area (Å²) in [5.74, 6) is 0.652. The number of carbonyl (C=O) groups is 2. The maximum absolute atomic E-state index is 12.4. The molecule has 0 fully saturated rings. The number of nitrogens with one attached hydrogen (secondary N) is 1. The Hall–Kier alpha value is -3.02. The molecule has 0 spiro atoms. The van der Waals surface area contributed by atoms with E-state index in [2.05, 4.69) is 5.32 Å². The average Bonchev–Trinajstić information content (AvgIpc) is 2.65. The van der Waals surface area contributed by atoms with Crippen molar-refractivity contribution < 1.29 is 19.1 Å². The first-order valence-corrected chi connectivity index (χ1v) is 8.30. The summed E-state index contributed by atoms with van der Waals surface area (Å²) in [6.45, 7) is 3.32. The molecule has 0 aliphatic carbocycles. The third kappa shape index (κ3) is 4.75. The number of hydrogen-bond donors (Lipinski definition) is 1. The summed E-state index contributed by atoms with van der Waals surface area (Å²) in [7, 11) is 3.08. The van der Waals surface area contributed by atoms with Crippen LogP contribution in [0.5, 0.6) is 11.5 Å². The molecule has 6 heteroatoms. The Kier molecular flexibility index (Phi) is 6.60. The van der Waals surface area contributed by atoms with Crippen molar-refractivity contribution in [3.63, 3.8) is 0 Å². The Labute approximate surface area is 153 Å². The van der Waals surface area contributed by atoms with Crippen LogP contribution in [0.1, 0.15) is 25.5 Å². The number of nitrogens with zero attached hydrogens (tertiary/aromatic N) is 1. The molecule has 2 amide bonds. The van der Waals surface area contributed by atoms with Crippen LogP contribution in [0.4, 0.5) is 5.69 Å². The van der Waals surface area contributed by atoms with E-state index in [1.54, 1.807) is 25.3 Å². The minimum Gasteiger partial charge on any atom is -0.493 e. The molecule has 2 aromatic rings. The van der Waals surface area contributed by atoms with Gasteiger partial charge in [0, 0.05) is 18.7 Å². The molecule has 0 aromatic heterocycles. The number of methoxy groups -OCH3 is 2. The van der Waals surface area contributed by atoms with Crippen LogP contribution in [0.2, 0.25) is 0 Å². The van der Waals surface area contributed by atoms with Gasteiger partial charge in [0.25, 0.3) is 0 Å². The second-order valence-corrected chi connectivity index (χ2v) is 5.85. The zero-order chi connectivity index (χ0) is 19.1. The van der Waals surface area contributed by atoms with Crippen molar-refractivity contribution in [1.82, 2.24) is 4.90 Å². The van der Waals surface area contributed by atoms with Gasteiger partial charge in [0.1, 0.15) is 6.54 Å². The van der Waals surface area contributed by atoms with E-state index in [9.17, 15) is 9.59 Å². The van der Waals surface area contributed by atoms with E-state index < -0.39 is 0 Å². The van der Waals surface area contributed by atoms with E-state index in [-0.39, 0.29) is 24.4 Å². The van der Waals surface area contributed by atoms with E-state index in [0.717, 1.165) is 5.56 Å². The lowest BCUT2D eigenvalue weighted by molar-refractivity contribution is -0.134. The van der Waals surface area contributed by atoms with Crippen molar-refractivity contribution in [2.45, 2.75) is 19.9 Å². The summed E-state index contributed by atoms with van der Waals surface area (Å²) in [5, 5.41) is 2.79. The highest BCUT2D eigenvalue weighted by Crippen LogP contribution is 2.29. The van der Waals surface area contributed by atoms with Gasteiger partial charge in [0.05, 0.1) is 20.3 Å². The molecular formula is C20H24N2O4. The molecule has 0 aliphatic rings. The minimum atomic E-state index is -0.282. The van der Waals surface area contributed by atoms with Crippen LogP contribution in [0.3, 0.4) is 0 Å². The number of benzene rings is 2. The zero-order valence-electron chi connectivity index (χ0n) is 15.5. The van der Waals surface area contributed by atoms with E-state index in [1.165, 1.54) is 18.9 Å². The van der Waals surface area contributed by atoms with Gasteiger partial charge in [-0.1, -0.05) is 30.3 Å². The molecule has 0 bridgehead atoms. The molecule has 0 saturated heterocycles. The minimum absolute atomic E-state index is 0.0419. The summed E-state index contributed by atoms with van der Waals surface area (Å²) in [6.07, 6.45) is 0. The van der Waals surface area contributed by atoms with Gasteiger partial charge >= 0.3 is 0 Å². The van der Waals surface area contributed by atoms with Crippen LogP contribution >= 0.6 is 0 Å². The summed E-state index contributed by atoms with van der Waals surface area (Å²) < 4.78 is 10.4. The molecule has 138 valence electrons. The van der Waals surface area contributed by atoms with E-state index in [0.29, 0.717) is 17.2 Å². The lowest BCUT2D eigenvalue weighted by Gasteiger charge is -2.28. The second kappa shape index (κ2) is 8.89. The average molecular weight is 356 g/mol. The SMILES string of the molecule is COc1ccc(NC(=O)CN(C(C)=O)C(C)c2ccccc2)cc1OC. The second-order valence-electron chi connectivity index (χ2n) is 5.85. The van der Waals surface area contributed by atoms with Gasteiger partial charge in [0.15, 0.2) is 11.5 Å². The van der Waals surface area contributed by atoms with Crippen LogP contribution in [0.25, 0.3) is 0 Å². The first kappa shape index (κ1) is 19.3. The molecule has 0 aliphatic heterocycles. The Balaban J connectivity index is 2.10. The zero-order valence-corrected chi connectivity index (χ0v) is 15.5. The van der Waals surface area contributed by atoms with Crippen LogP contribution in [0, 0.1) is 0 Å². The first-order valence-electron chi connectivity index (χ1n) is 8.30. The molecule has 0 radical (unpaired) electrons. The van der Waals surface area contributed by atoms with E-state index in [4.69, 9.17) is 9.47 Å². The molecule has 6 nitrogen and oxygen atoms in total. The van der Waals surface area contributed by atoms with Gasteiger partial charge < -0.3 is 19.7 Å². The topological polar surface area (TPSA) is 67.9 Å². The molecular weight excluding hydrogens is 332 g/mol. The predicted octanol–water partition coefficient (Wildman–Crippen LogP) is 3.25. The lowest BCUT2D eigenvalue weighted by Crippen LogP contribution is -2.38. The fourth-order valence-electron chi connectivity index (χ4n) is 2.70. The quantitative estimate of drug-likeness (QED) is 0.827. The lowest BCUT2D eigenvalue weighted by atomic mass is 10.1. The number of anilines is 1. The van der Waals surface area contributed by atoms with Gasteiger partial charge in [-0.25, -0.2) is 0 Å². The fourth-order valence-corrected chi connectivity index (χ4v) is 2.70. The van der Waals surface area contributed by atoms with Crippen molar-refractivity contribution in [3.05, 3.63) is 54.1 Å². The molecule has 1 atom stereocenters. The van der Waals surface area contributed by atoms with Gasteiger partial charge in [-0.2, -0.15) is 0 Å². The first-order chi connectivity index (χ1) is 12.5. The normalized spacial score (nSPS) is 11.4. The summed E-state index contributed by atoms with van der Waals surface area (Å²) in [4.78, 5) is 26.0. The molecule has 0 heterocycles. The Morgan fingerprint density at radius 1 is 1.04 bits per heavy atom. The maximum atomic E-state index is 12.4. The van der Waals surface area contributed by atoms with E-state index in [1.807, 2.05) is 37.3 Å². The van der Waals surface area contributed by atoms with Crippen molar-refractivity contribution in [3.8, 4) is 11.5 Å². The third-order valence-electron chi connectivity index (χ3n) is 4.14. The van der Waals surface area contributed by atoms with Gasteiger partial charge in [-0.15, -0.1) is 0 Å². The van der Waals surface area contributed by atoms with Crippen LogP contribution in [-0.2, 0) is 9.59 Å². The number of rotatable bonds is 7. The van der Waals surface area contributed by atoms with Gasteiger partial charge in [0.2, 0.25) is 11.8 Å². The molecule has 1 unspecified atom stereocenters. The summed E-state index contributed by atoms with van der Waals surface area (Å²) in [6, 6.07) is 14.5. The molecule has 26 heavy (non-hydrogen) atoms. The van der Waals surface area contributed by atoms with Crippen molar-refractivity contribution in [1.29, 1.82) is 0 Å². The highest BCUT2D eigenvalue weighted by Gasteiger charge is 2.21. The number of carbonyl (C=O) groups excluding carboxylic acids is 2. The molecule has 1 N–H and O–H groups in total. The Morgan fingerprint density at radius 2 is 1.69 bits per heavy atom. The molecule has 0 saturated carbocycles. The number of ether oxygens (including phenoxy) is 2. The fraction of sp³-hybridized carbons (Fsp3) is 0.300. The maximum Gasteiger partial charge on any atom is 0.244 e. The van der Waals surface area contributed by atoms with E-state index >= 15 is 0 Å². The number of hydrogen-bond acceptors (Lipinski definition) is 4. The monoisotopic (exact) mass is 356 g/mol. The van der Waals surface area contributed by atoms with Gasteiger partial charge in [-0.05, 0) is 24.6 Å². The van der Waals surface area contributed by atoms with Crippen LogP contribution in [-0.4, -0.2) is 37.5 Å². The van der Waals surface area contributed by atoms with Crippen molar-refractivity contribution in [2.24, 2.45) is 0 Å². The standard InChI is InChI=1S/C20H24N2O4/c1-14(16-8-6-5-7-9-16)22(15(2)23)13-20(24)21-17-10-11-18(25-3)19(12-17)26-4/h5-12,14H,13H2,1-4H3,(H,21,24). The molecule has 2 aromatic carbocycles. The van der Waals surface area contributed by atoms with Crippen LogP contribution < -0.4 is 14.8 Å². The highest BCUT2D eigenvalue weighted by molar-refractivity contribution is 5.94. The smallest absolute Gasteiger partial charge is 0.244 e. The highest BCUT2D eigenvalue weighted by atomic mass is 16.5. The summed E-state index contributed by atoms with van der Waals surface area (Å²) >= 11 is 0. The van der Waals surface area contributed by atoms with Crippen molar-refractivity contribution >= 4 is 17.5 Å². The third-order valence-corrected chi connectivity index (χ3v) is 4.14. The Bertz CT molecular complexity index is 762. The Morgan fingerprint density at radius 3 is 2.27 bits per heavy atom. The number of amides is 2. The largest absolute Gasteiger partial charge is 0.493 e. The molecule has 2 rings (SSSR count).